The minimum atomic E-state index is 0.398. The summed E-state index contributed by atoms with van der Waals surface area (Å²) in [7, 11) is 0. The van der Waals surface area contributed by atoms with Crippen molar-refractivity contribution in [1.82, 2.24) is 5.32 Å². The summed E-state index contributed by atoms with van der Waals surface area (Å²) >= 11 is 3.78. The van der Waals surface area contributed by atoms with Crippen LogP contribution in [0, 0.1) is 0 Å². The first kappa shape index (κ1) is 16.8. The number of anilines is 1. The van der Waals surface area contributed by atoms with Crippen LogP contribution in [0.5, 0.6) is 0 Å². The average molecular weight is 353 g/mol. The molecule has 1 aromatic carbocycles. The predicted octanol–water partition coefficient (Wildman–Crippen LogP) is 5.28. The first-order valence-electron chi connectivity index (χ1n) is 8.46. The molecule has 1 saturated carbocycles. The van der Waals surface area contributed by atoms with E-state index in [0.717, 1.165) is 19.1 Å². The smallest absolute Gasteiger partial charge is 0.0380 e. The molecule has 21 heavy (non-hydrogen) atoms. The summed E-state index contributed by atoms with van der Waals surface area (Å²) in [5.74, 6) is 0. The highest BCUT2D eigenvalue weighted by Gasteiger charge is 2.22. The lowest BCUT2D eigenvalue weighted by Crippen LogP contribution is -2.33. The summed E-state index contributed by atoms with van der Waals surface area (Å²) in [6.45, 7) is 8.88. The van der Waals surface area contributed by atoms with Crippen LogP contribution in [0.25, 0.3) is 0 Å². The summed E-state index contributed by atoms with van der Waals surface area (Å²) < 4.78 is 1.23. The maximum Gasteiger partial charge on any atom is 0.0380 e. The van der Waals surface area contributed by atoms with Gasteiger partial charge in [-0.15, -0.1) is 0 Å². The maximum absolute atomic E-state index is 3.78. The van der Waals surface area contributed by atoms with Gasteiger partial charge in [0, 0.05) is 28.8 Å². The van der Waals surface area contributed by atoms with E-state index in [-0.39, 0.29) is 0 Å². The average Bonchev–Trinajstić information content (AvgIpc) is 3.00. The van der Waals surface area contributed by atoms with Crippen molar-refractivity contribution in [1.29, 1.82) is 0 Å². The standard InChI is InChI=1S/C18H29BrN2/c1-4-12-20-14(3)17-11-10-16(13-18(17)19)21(5-2)15-8-6-7-9-15/h10-11,13-15,20H,4-9,12H2,1-3H3. The van der Waals surface area contributed by atoms with Crippen LogP contribution in [-0.4, -0.2) is 19.1 Å². The van der Waals surface area contributed by atoms with E-state index in [1.165, 1.54) is 47.8 Å². The second kappa shape index (κ2) is 8.19. The predicted molar refractivity (Wildman–Crippen MR) is 96.1 cm³/mol. The molecule has 0 saturated heterocycles. The van der Waals surface area contributed by atoms with Gasteiger partial charge in [-0.05, 0) is 57.4 Å². The van der Waals surface area contributed by atoms with E-state index < -0.39 is 0 Å². The van der Waals surface area contributed by atoms with E-state index >= 15 is 0 Å². The van der Waals surface area contributed by atoms with E-state index in [0.29, 0.717) is 6.04 Å². The number of halogens is 1. The molecule has 1 fully saturated rings. The topological polar surface area (TPSA) is 15.3 Å². The van der Waals surface area contributed by atoms with Crippen molar-refractivity contribution < 1.29 is 0 Å². The van der Waals surface area contributed by atoms with Crippen molar-refractivity contribution in [3.63, 3.8) is 0 Å². The molecule has 2 rings (SSSR count). The number of hydrogen-bond acceptors (Lipinski definition) is 2. The van der Waals surface area contributed by atoms with Crippen LogP contribution in [0.2, 0.25) is 0 Å². The Hall–Kier alpha value is -0.540. The lowest BCUT2D eigenvalue weighted by Gasteiger charge is -2.30. The zero-order valence-corrected chi connectivity index (χ0v) is 15.2. The molecule has 0 aromatic heterocycles. The lowest BCUT2D eigenvalue weighted by molar-refractivity contribution is 0.568. The Morgan fingerprint density at radius 1 is 1.29 bits per heavy atom. The van der Waals surface area contributed by atoms with Crippen molar-refractivity contribution >= 4 is 21.6 Å². The van der Waals surface area contributed by atoms with E-state index in [2.05, 4.69) is 65.1 Å². The molecule has 0 heterocycles. The Bertz CT molecular complexity index is 441. The number of benzene rings is 1. The SMILES string of the molecule is CCCNC(C)c1ccc(N(CC)C2CCCC2)cc1Br. The summed E-state index contributed by atoms with van der Waals surface area (Å²) in [5, 5.41) is 3.56. The molecule has 0 aliphatic heterocycles. The molecular formula is C18H29BrN2. The van der Waals surface area contributed by atoms with Crippen molar-refractivity contribution in [2.45, 2.75) is 65.0 Å². The molecule has 0 bridgehead atoms. The van der Waals surface area contributed by atoms with Crippen molar-refractivity contribution in [2.75, 3.05) is 18.0 Å². The third kappa shape index (κ3) is 4.23. The van der Waals surface area contributed by atoms with E-state index in [1.807, 2.05) is 0 Å². The third-order valence-corrected chi connectivity index (χ3v) is 5.28. The molecule has 0 amide bonds. The number of hydrogen-bond donors (Lipinski definition) is 1. The molecule has 1 aliphatic rings. The molecule has 2 nitrogen and oxygen atoms in total. The van der Waals surface area contributed by atoms with E-state index in [1.54, 1.807) is 0 Å². The summed E-state index contributed by atoms with van der Waals surface area (Å²) in [5.41, 5.74) is 2.72. The van der Waals surface area contributed by atoms with Gasteiger partial charge < -0.3 is 10.2 Å². The molecule has 3 heteroatoms. The molecule has 1 atom stereocenters. The molecule has 0 spiro atoms. The van der Waals surface area contributed by atoms with Crippen LogP contribution in [0.3, 0.4) is 0 Å². The highest BCUT2D eigenvalue weighted by atomic mass is 79.9. The van der Waals surface area contributed by atoms with Gasteiger partial charge >= 0.3 is 0 Å². The fourth-order valence-electron chi connectivity index (χ4n) is 3.38. The highest BCUT2D eigenvalue weighted by molar-refractivity contribution is 9.10. The van der Waals surface area contributed by atoms with Crippen LogP contribution in [-0.2, 0) is 0 Å². The molecule has 1 unspecified atom stereocenters. The second-order valence-electron chi connectivity index (χ2n) is 6.11. The molecular weight excluding hydrogens is 324 g/mol. The third-order valence-electron chi connectivity index (χ3n) is 4.59. The van der Waals surface area contributed by atoms with Gasteiger partial charge in [-0.3, -0.25) is 0 Å². The Balaban J connectivity index is 2.13. The molecule has 0 radical (unpaired) electrons. The van der Waals surface area contributed by atoms with E-state index in [9.17, 15) is 0 Å². The Kier molecular flexibility index (Phi) is 6.56. The van der Waals surface area contributed by atoms with Crippen molar-refractivity contribution in [2.24, 2.45) is 0 Å². The first-order chi connectivity index (χ1) is 10.2. The number of nitrogens with zero attached hydrogens (tertiary/aromatic N) is 1. The van der Waals surface area contributed by atoms with Gasteiger partial charge in [-0.2, -0.15) is 0 Å². The van der Waals surface area contributed by atoms with Crippen LogP contribution in [0.4, 0.5) is 5.69 Å². The normalized spacial score (nSPS) is 17.1. The minimum absolute atomic E-state index is 0.398. The quantitative estimate of drug-likeness (QED) is 0.718. The largest absolute Gasteiger partial charge is 0.369 e. The Morgan fingerprint density at radius 2 is 2.00 bits per heavy atom. The number of nitrogens with one attached hydrogen (secondary N) is 1. The van der Waals surface area contributed by atoms with Crippen LogP contribution in [0.1, 0.15) is 64.5 Å². The zero-order chi connectivity index (χ0) is 15.2. The Labute approximate surface area is 138 Å². The van der Waals surface area contributed by atoms with Gasteiger partial charge in [0.1, 0.15) is 0 Å². The zero-order valence-electron chi connectivity index (χ0n) is 13.7. The molecule has 118 valence electrons. The monoisotopic (exact) mass is 352 g/mol. The second-order valence-corrected chi connectivity index (χ2v) is 6.96. The highest BCUT2D eigenvalue weighted by Crippen LogP contribution is 2.32. The summed E-state index contributed by atoms with van der Waals surface area (Å²) in [6, 6.07) is 8.02. The van der Waals surface area contributed by atoms with Gasteiger partial charge in [-0.25, -0.2) is 0 Å². The maximum atomic E-state index is 3.78. The van der Waals surface area contributed by atoms with Gasteiger partial charge in [-0.1, -0.05) is 41.8 Å². The van der Waals surface area contributed by atoms with Crippen LogP contribution < -0.4 is 10.2 Å². The van der Waals surface area contributed by atoms with Gasteiger partial charge in [0.25, 0.3) is 0 Å². The van der Waals surface area contributed by atoms with Crippen molar-refractivity contribution in [3.05, 3.63) is 28.2 Å². The lowest BCUT2D eigenvalue weighted by atomic mass is 10.1. The minimum Gasteiger partial charge on any atom is -0.369 e. The van der Waals surface area contributed by atoms with Crippen LogP contribution >= 0.6 is 15.9 Å². The fourth-order valence-corrected chi connectivity index (χ4v) is 4.09. The van der Waals surface area contributed by atoms with E-state index in [4.69, 9.17) is 0 Å². The first-order valence-corrected chi connectivity index (χ1v) is 9.26. The summed E-state index contributed by atoms with van der Waals surface area (Å²) in [6.07, 6.45) is 6.64. The Morgan fingerprint density at radius 3 is 2.57 bits per heavy atom. The van der Waals surface area contributed by atoms with Crippen LogP contribution in [0.15, 0.2) is 22.7 Å². The summed E-state index contributed by atoms with van der Waals surface area (Å²) in [4.78, 5) is 2.58. The van der Waals surface area contributed by atoms with Gasteiger partial charge in [0.2, 0.25) is 0 Å². The van der Waals surface area contributed by atoms with Gasteiger partial charge in [0.15, 0.2) is 0 Å². The number of rotatable bonds is 7. The van der Waals surface area contributed by atoms with Crippen molar-refractivity contribution in [3.8, 4) is 0 Å². The van der Waals surface area contributed by atoms with Gasteiger partial charge in [0.05, 0.1) is 0 Å². The molecule has 1 aromatic rings. The fraction of sp³-hybridized carbons (Fsp3) is 0.667. The molecule has 1 aliphatic carbocycles. The molecule has 1 N–H and O–H groups in total.